The first-order chi connectivity index (χ1) is 8.59. The van der Waals surface area contributed by atoms with E-state index in [-0.39, 0.29) is 18.8 Å². The van der Waals surface area contributed by atoms with Crippen LogP contribution < -0.4 is 10.5 Å². The maximum absolute atomic E-state index is 13.5. The van der Waals surface area contributed by atoms with E-state index in [9.17, 15) is 17.2 Å². The molecule has 108 valence electrons. The minimum absolute atomic E-state index is 0.158. The molecule has 0 amide bonds. The van der Waals surface area contributed by atoms with Gasteiger partial charge in [-0.25, -0.2) is 21.9 Å². The predicted molar refractivity (Wildman–Crippen MR) is 66.8 cm³/mol. The van der Waals surface area contributed by atoms with Crippen LogP contribution in [-0.4, -0.2) is 26.7 Å². The second-order valence-corrected chi connectivity index (χ2v) is 6.66. The van der Waals surface area contributed by atoms with E-state index in [0.29, 0.717) is 0 Å². The summed E-state index contributed by atoms with van der Waals surface area (Å²) in [6.07, 6.45) is 0. The fraction of sp³-hybridized carbons (Fsp3) is 0.455. The zero-order valence-electron chi connectivity index (χ0n) is 10.6. The molecule has 0 aromatic heterocycles. The minimum Gasteiger partial charge on any atom is -0.399 e. The van der Waals surface area contributed by atoms with Crippen LogP contribution in [0.25, 0.3) is 0 Å². The van der Waals surface area contributed by atoms with Crippen molar-refractivity contribution in [1.29, 1.82) is 0 Å². The Morgan fingerprint density at radius 1 is 1.32 bits per heavy atom. The van der Waals surface area contributed by atoms with Crippen LogP contribution in [0.5, 0.6) is 0 Å². The topological polar surface area (TPSA) is 92.4 Å². The summed E-state index contributed by atoms with van der Waals surface area (Å²) < 4.78 is 52.8. The summed E-state index contributed by atoms with van der Waals surface area (Å²) in [6, 6.07) is 1.46. The fourth-order valence-corrected chi connectivity index (χ4v) is 2.61. The van der Waals surface area contributed by atoms with Crippen LogP contribution in [0.3, 0.4) is 0 Å². The molecule has 0 aliphatic heterocycles. The van der Waals surface area contributed by atoms with Gasteiger partial charge in [0.15, 0.2) is 4.90 Å². The molecule has 0 atom stereocenters. The SMILES string of the molecule is CC(C)(CO)CNS(=O)(=O)c1c(F)cc(N)cc1F. The third-order valence-electron chi connectivity index (χ3n) is 2.46. The second kappa shape index (κ2) is 5.40. The van der Waals surface area contributed by atoms with Crippen LogP contribution in [-0.2, 0) is 10.0 Å². The maximum atomic E-state index is 13.5. The molecule has 1 aromatic rings. The van der Waals surface area contributed by atoms with Gasteiger partial charge in [-0.1, -0.05) is 13.8 Å². The van der Waals surface area contributed by atoms with E-state index in [0.717, 1.165) is 12.1 Å². The van der Waals surface area contributed by atoms with E-state index in [2.05, 4.69) is 4.72 Å². The first-order valence-corrected chi connectivity index (χ1v) is 6.92. The van der Waals surface area contributed by atoms with Gasteiger partial charge in [0.05, 0.1) is 0 Å². The van der Waals surface area contributed by atoms with Crippen molar-refractivity contribution in [1.82, 2.24) is 4.72 Å². The lowest BCUT2D eigenvalue weighted by molar-refractivity contribution is 0.163. The highest BCUT2D eigenvalue weighted by Crippen LogP contribution is 2.22. The monoisotopic (exact) mass is 294 g/mol. The van der Waals surface area contributed by atoms with Crippen molar-refractivity contribution in [3.63, 3.8) is 0 Å². The van der Waals surface area contributed by atoms with Gasteiger partial charge in [-0.2, -0.15) is 0 Å². The third-order valence-corrected chi connectivity index (χ3v) is 3.91. The van der Waals surface area contributed by atoms with Crippen molar-refractivity contribution in [2.75, 3.05) is 18.9 Å². The summed E-state index contributed by atoms with van der Waals surface area (Å²) in [4.78, 5) is -1.07. The Morgan fingerprint density at radius 3 is 2.21 bits per heavy atom. The van der Waals surface area contributed by atoms with Crippen LogP contribution in [0.15, 0.2) is 17.0 Å². The van der Waals surface area contributed by atoms with Gasteiger partial charge in [0.2, 0.25) is 10.0 Å². The number of hydrogen-bond acceptors (Lipinski definition) is 4. The molecule has 1 rings (SSSR count). The largest absolute Gasteiger partial charge is 0.399 e. The number of nitrogen functional groups attached to an aromatic ring is 1. The van der Waals surface area contributed by atoms with Crippen molar-refractivity contribution in [2.45, 2.75) is 18.7 Å². The van der Waals surface area contributed by atoms with Crippen molar-refractivity contribution >= 4 is 15.7 Å². The van der Waals surface area contributed by atoms with Gasteiger partial charge in [0.1, 0.15) is 11.6 Å². The molecule has 0 aliphatic rings. The number of rotatable bonds is 5. The van der Waals surface area contributed by atoms with Crippen molar-refractivity contribution in [3.8, 4) is 0 Å². The molecule has 0 fully saturated rings. The molecular formula is C11H16F2N2O3S. The van der Waals surface area contributed by atoms with Crippen LogP contribution in [0.4, 0.5) is 14.5 Å². The van der Waals surface area contributed by atoms with Gasteiger partial charge < -0.3 is 10.8 Å². The smallest absolute Gasteiger partial charge is 0.246 e. The quantitative estimate of drug-likeness (QED) is 0.702. The molecule has 0 saturated heterocycles. The fourth-order valence-electron chi connectivity index (χ4n) is 1.25. The summed E-state index contributed by atoms with van der Waals surface area (Å²) in [5, 5.41) is 9.01. The summed E-state index contributed by atoms with van der Waals surface area (Å²) in [5.74, 6) is -2.52. The molecule has 1 aromatic carbocycles. The lowest BCUT2D eigenvalue weighted by atomic mass is 9.96. The third kappa shape index (κ3) is 3.85. The Morgan fingerprint density at radius 2 is 1.79 bits per heavy atom. The summed E-state index contributed by atoms with van der Waals surface area (Å²) in [7, 11) is -4.35. The highest BCUT2D eigenvalue weighted by Gasteiger charge is 2.27. The van der Waals surface area contributed by atoms with Crippen molar-refractivity contribution in [3.05, 3.63) is 23.8 Å². The molecule has 5 nitrogen and oxygen atoms in total. The van der Waals surface area contributed by atoms with Crippen LogP contribution in [0, 0.1) is 17.0 Å². The Hall–Kier alpha value is -1.25. The van der Waals surface area contributed by atoms with E-state index < -0.39 is 32.0 Å². The zero-order chi connectivity index (χ0) is 14.8. The van der Waals surface area contributed by atoms with Crippen LogP contribution >= 0.6 is 0 Å². The molecule has 4 N–H and O–H groups in total. The summed E-state index contributed by atoms with van der Waals surface area (Å²) >= 11 is 0. The number of nitrogens with two attached hydrogens (primary N) is 1. The van der Waals surface area contributed by atoms with E-state index in [1.165, 1.54) is 0 Å². The van der Waals surface area contributed by atoms with Crippen LogP contribution in [0.1, 0.15) is 13.8 Å². The number of anilines is 1. The maximum Gasteiger partial charge on any atom is 0.246 e. The molecule has 0 aliphatic carbocycles. The molecule has 0 spiro atoms. The lowest BCUT2D eigenvalue weighted by Crippen LogP contribution is -2.36. The average Bonchev–Trinajstić information content (AvgIpc) is 2.25. The summed E-state index contributed by atoms with van der Waals surface area (Å²) in [5.41, 5.74) is 4.26. The first kappa shape index (κ1) is 15.8. The van der Waals surface area contributed by atoms with Gasteiger partial charge in [-0.05, 0) is 12.1 Å². The number of benzene rings is 1. The van der Waals surface area contributed by atoms with Gasteiger partial charge >= 0.3 is 0 Å². The molecule has 0 radical (unpaired) electrons. The highest BCUT2D eigenvalue weighted by molar-refractivity contribution is 7.89. The molecular weight excluding hydrogens is 278 g/mol. The lowest BCUT2D eigenvalue weighted by Gasteiger charge is -2.22. The number of sulfonamides is 1. The predicted octanol–water partition coefficient (Wildman–Crippen LogP) is 0.844. The normalized spacial score (nSPS) is 12.7. The second-order valence-electron chi connectivity index (χ2n) is 4.96. The number of nitrogens with one attached hydrogen (secondary N) is 1. The molecule has 0 bridgehead atoms. The Kier molecular flexibility index (Phi) is 4.49. The van der Waals surface area contributed by atoms with Gasteiger partial charge in [-0.3, -0.25) is 0 Å². The van der Waals surface area contributed by atoms with E-state index in [1.807, 2.05) is 0 Å². The average molecular weight is 294 g/mol. The number of aliphatic hydroxyl groups excluding tert-OH is 1. The molecule has 0 saturated carbocycles. The Bertz CT molecular complexity index is 550. The Balaban J connectivity index is 3.09. The van der Waals surface area contributed by atoms with Crippen molar-refractivity contribution < 1.29 is 22.3 Å². The number of hydrogen-bond donors (Lipinski definition) is 3. The van der Waals surface area contributed by atoms with Crippen LogP contribution in [0.2, 0.25) is 0 Å². The molecule has 0 heterocycles. The van der Waals surface area contributed by atoms with Gasteiger partial charge in [0.25, 0.3) is 0 Å². The molecule has 8 heteroatoms. The summed E-state index contributed by atoms with van der Waals surface area (Å²) in [6.45, 7) is 2.77. The zero-order valence-corrected chi connectivity index (χ0v) is 11.4. The first-order valence-electron chi connectivity index (χ1n) is 5.44. The van der Waals surface area contributed by atoms with E-state index in [4.69, 9.17) is 10.8 Å². The standard InChI is InChI=1S/C11H16F2N2O3S/c1-11(2,6-16)5-15-19(17,18)10-8(12)3-7(14)4-9(10)13/h3-4,15-16H,5-6,14H2,1-2H3. The molecule has 19 heavy (non-hydrogen) atoms. The number of halogens is 2. The highest BCUT2D eigenvalue weighted by atomic mass is 32.2. The van der Waals surface area contributed by atoms with Gasteiger partial charge in [0, 0.05) is 24.3 Å². The van der Waals surface area contributed by atoms with E-state index >= 15 is 0 Å². The van der Waals surface area contributed by atoms with Crippen molar-refractivity contribution in [2.24, 2.45) is 5.41 Å². The minimum atomic E-state index is -4.35. The number of aliphatic hydroxyl groups is 1. The van der Waals surface area contributed by atoms with Gasteiger partial charge in [-0.15, -0.1) is 0 Å². The molecule has 0 unspecified atom stereocenters. The van der Waals surface area contributed by atoms with E-state index in [1.54, 1.807) is 13.8 Å². The Labute approximate surface area is 110 Å².